The van der Waals surface area contributed by atoms with Gasteiger partial charge in [0.2, 0.25) is 5.91 Å². The Bertz CT molecular complexity index is 639. The Hall–Kier alpha value is -2.81. The average Bonchev–Trinajstić information content (AvgIpc) is 2.86. The third-order valence-electron chi connectivity index (χ3n) is 2.48. The second-order valence-corrected chi connectivity index (χ2v) is 3.93. The molecule has 3 N–H and O–H groups in total. The summed E-state index contributed by atoms with van der Waals surface area (Å²) in [6.07, 6.45) is 1.54. The number of benzene rings is 1. The van der Waals surface area contributed by atoms with Gasteiger partial charge < -0.3 is 11.1 Å². The molecule has 0 saturated carbocycles. The molecule has 1 aromatic carbocycles. The zero-order valence-corrected chi connectivity index (χ0v) is 10.4. The standard InChI is InChI=1S/C11H12N6O3/c12-5-8-6-16(15-14-8)7-11(18)13-9-3-1-2-4-10(9)17(19)20/h1-4,6H,5,7,12H2,(H,13,18). The molecule has 0 unspecified atom stereocenters. The Balaban J connectivity index is 2.06. The molecule has 2 rings (SSSR count). The molecule has 20 heavy (non-hydrogen) atoms. The van der Waals surface area contributed by atoms with E-state index < -0.39 is 10.8 Å². The molecule has 0 radical (unpaired) electrons. The molecule has 0 aliphatic rings. The fourth-order valence-corrected chi connectivity index (χ4v) is 1.58. The molecule has 0 bridgehead atoms. The van der Waals surface area contributed by atoms with Crippen molar-refractivity contribution in [3.63, 3.8) is 0 Å². The third kappa shape index (κ3) is 3.14. The van der Waals surface area contributed by atoms with E-state index in [1.165, 1.54) is 22.9 Å². The Morgan fingerprint density at radius 2 is 2.20 bits per heavy atom. The number of nitrogens with two attached hydrogens (primary N) is 1. The molecular weight excluding hydrogens is 264 g/mol. The highest BCUT2D eigenvalue weighted by atomic mass is 16.6. The maximum Gasteiger partial charge on any atom is 0.292 e. The van der Waals surface area contributed by atoms with Gasteiger partial charge in [-0.2, -0.15) is 0 Å². The van der Waals surface area contributed by atoms with Crippen LogP contribution in [0.4, 0.5) is 11.4 Å². The monoisotopic (exact) mass is 276 g/mol. The summed E-state index contributed by atoms with van der Waals surface area (Å²) < 4.78 is 1.31. The number of nitrogens with zero attached hydrogens (tertiary/aromatic N) is 4. The number of nitro groups is 1. The van der Waals surface area contributed by atoms with Crippen molar-refractivity contribution in [2.45, 2.75) is 13.1 Å². The first-order valence-corrected chi connectivity index (χ1v) is 5.72. The van der Waals surface area contributed by atoms with Crippen LogP contribution in [0.25, 0.3) is 0 Å². The molecule has 0 spiro atoms. The highest BCUT2D eigenvalue weighted by Crippen LogP contribution is 2.22. The molecule has 9 nitrogen and oxygen atoms in total. The number of nitro benzene ring substituents is 1. The van der Waals surface area contributed by atoms with Crippen LogP contribution in [-0.2, 0) is 17.9 Å². The molecule has 2 aromatic rings. The van der Waals surface area contributed by atoms with Crippen molar-refractivity contribution < 1.29 is 9.72 Å². The Labute approximate surface area is 113 Å². The number of para-hydroxylation sites is 2. The normalized spacial score (nSPS) is 10.2. The Morgan fingerprint density at radius 3 is 2.85 bits per heavy atom. The Kier molecular flexibility index (Phi) is 4.01. The van der Waals surface area contributed by atoms with Crippen molar-refractivity contribution in [1.29, 1.82) is 0 Å². The van der Waals surface area contributed by atoms with Crippen molar-refractivity contribution in [3.05, 3.63) is 46.3 Å². The van der Waals surface area contributed by atoms with Gasteiger partial charge in [0.15, 0.2) is 0 Å². The van der Waals surface area contributed by atoms with E-state index in [1.807, 2.05) is 0 Å². The summed E-state index contributed by atoms with van der Waals surface area (Å²) in [4.78, 5) is 22.1. The van der Waals surface area contributed by atoms with Gasteiger partial charge >= 0.3 is 0 Å². The van der Waals surface area contributed by atoms with Gasteiger partial charge in [0.25, 0.3) is 5.69 Å². The van der Waals surface area contributed by atoms with Crippen LogP contribution in [0.5, 0.6) is 0 Å². The van der Waals surface area contributed by atoms with Gasteiger partial charge in [0.05, 0.1) is 16.8 Å². The van der Waals surface area contributed by atoms with E-state index in [1.54, 1.807) is 12.3 Å². The smallest absolute Gasteiger partial charge is 0.292 e. The number of anilines is 1. The van der Waals surface area contributed by atoms with E-state index in [-0.39, 0.29) is 24.5 Å². The van der Waals surface area contributed by atoms with Gasteiger partial charge in [0, 0.05) is 12.6 Å². The van der Waals surface area contributed by atoms with Crippen LogP contribution in [0.3, 0.4) is 0 Å². The van der Waals surface area contributed by atoms with Crippen molar-refractivity contribution in [3.8, 4) is 0 Å². The Morgan fingerprint density at radius 1 is 1.45 bits per heavy atom. The number of nitrogens with one attached hydrogen (secondary N) is 1. The zero-order valence-electron chi connectivity index (χ0n) is 10.4. The molecule has 0 fully saturated rings. The largest absolute Gasteiger partial charge is 0.325 e. The van der Waals surface area contributed by atoms with Crippen LogP contribution in [0.15, 0.2) is 30.5 Å². The first-order valence-electron chi connectivity index (χ1n) is 5.72. The maximum atomic E-state index is 11.8. The van der Waals surface area contributed by atoms with Gasteiger partial charge in [-0.15, -0.1) is 5.10 Å². The minimum Gasteiger partial charge on any atom is -0.325 e. The van der Waals surface area contributed by atoms with E-state index in [9.17, 15) is 14.9 Å². The molecule has 104 valence electrons. The van der Waals surface area contributed by atoms with Gasteiger partial charge in [-0.05, 0) is 6.07 Å². The number of amides is 1. The number of carbonyl (C=O) groups is 1. The van der Waals surface area contributed by atoms with Crippen LogP contribution in [0.2, 0.25) is 0 Å². The number of rotatable bonds is 5. The van der Waals surface area contributed by atoms with Crippen molar-refractivity contribution >= 4 is 17.3 Å². The average molecular weight is 276 g/mol. The summed E-state index contributed by atoms with van der Waals surface area (Å²) in [6.45, 7) is 0.130. The topological polar surface area (TPSA) is 129 Å². The quantitative estimate of drug-likeness (QED) is 0.596. The predicted molar refractivity (Wildman–Crippen MR) is 69.6 cm³/mol. The predicted octanol–water partition coefficient (Wildman–Crippen LogP) is 0.284. The lowest BCUT2D eigenvalue weighted by molar-refractivity contribution is -0.383. The lowest BCUT2D eigenvalue weighted by atomic mass is 10.2. The number of aromatic nitrogens is 3. The summed E-state index contributed by atoms with van der Waals surface area (Å²) in [7, 11) is 0. The summed E-state index contributed by atoms with van der Waals surface area (Å²) in [5.74, 6) is -0.437. The second kappa shape index (κ2) is 5.89. The summed E-state index contributed by atoms with van der Waals surface area (Å²) in [5.41, 5.74) is 5.91. The SMILES string of the molecule is NCc1cn(CC(=O)Nc2ccccc2[N+](=O)[O-])nn1. The molecule has 1 aromatic heterocycles. The van der Waals surface area contributed by atoms with Crippen LogP contribution in [0.1, 0.15) is 5.69 Å². The minimum atomic E-state index is -0.558. The molecular formula is C11H12N6O3. The van der Waals surface area contributed by atoms with E-state index in [0.29, 0.717) is 5.69 Å². The highest BCUT2D eigenvalue weighted by Gasteiger charge is 2.15. The van der Waals surface area contributed by atoms with Crippen molar-refractivity contribution in [1.82, 2.24) is 15.0 Å². The summed E-state index contributed by atoms with van der Waals surface area (Å²) in [6, 6.07) is 5.91. The van der Waals surface area contributed by atoms with E-state index in [2.05, 4.69) is 15.6 Å². The first-order chi connectivity index (χ1) is 9.60. The number of carbonyl (C=O) groups excluding carboxylic acids is 1. The summed E-state index contributed by atoms with van der Waals surface area (Å²) >= 11 is 0. The van der Waals surface area contributed by atoms with Gasteiger partial charge in [-0.25, -0.2) is 4.68 Å². The zero-order chi connectivity index (χ0) is 14.5. The maximum absolute atomic E-state index is 11.8. The van der Waals surface area contributed by atoms with Gasteiger partial charge in [0.1, 0.15) is 12.2 Å². The van der Waals surface area contributed by atoms with E-state index in [0.717, 1.165) is 0 Å². The van der Waals surface area contributed by atoms with E-state index >= 15 is 0 Å². The fourth-order valence-electron chi connectivity index (χ4n) is 1.58. The number of hydrogen-bond donors (Lipinski definition) is 2. The van der Waals surface area contributed by atoms with E-state index in [4.69, 9.17) is 5.73 Å². The minimum absolute atomic E-state index is 0.0982. The van der Waals surface area contributed by atoms with Crippen molar-refractivity contribution in [2.24, 2.45) is 5.73 Å². The van der Waals surface area contributed by atoms with Crippen molar-refractivity contribution in [2.75, 3.05) is 5.32 Å². The van der Waals surface area contributed by atoms with Crippen LogP contribution in [-0.4, -0.2) is 25.8 Å². The van der Waals surface area contributed by atoms with Gasteiger partial charge in [-0.3, -0.25) is 14.9 Å². The molecule has 0 aliphatic heterocycles. The van der Waals surface area contributed by atoms with Gasteiger partial charge in [-0.1, -0.05) is 17.3 Å². The molecule has 0 atom stereocenters. The molecule has 1 amide bonds. The lowest BCUT2D eigenvalue weighted by Gasteiger charge is -2.05. The molecule has 9 heteroatoms. The van der Waals surface area contributed by atoms with Crippen LogP contribution in [0, 0.1) is 10.1 Å². The number of hydrogen-bond acceptors (Lipinski definition) is 6. The highest BCUT2D eigenvalue weighted by molar-refractivity contribution is 5.92. The van der Waals surface area contributed by atoms with Crippen LogP contribution < -0.4 is 11.1 Å². The third-order valence-corrected chi connectivity index (χ3v) is 2.48. The molecule has 0 aliphatic carbocycles. The van der Waals surface area contributed by atoms with Crippen LogP contribution >= 0.6 is 0 Å². The first kappa shape index (κ1) is 13.6. The lowest BCUT2D eigenvalue weighted by Crippen LogP contribution is -2.19. The second-order valence-electron chi connectivity index (χ2n) is 3.93. The molecule has 0 saturated heterocycles. The molecule has 1 heterocycles. The summed E-state index contributed by atoms with van der Waals surface area (Å²) in [5, 5.41) is 20.7. The fraction of sp³-hybridized carbons (Fsp3) is 0.182.